The summed E-state index contributed by atoms with van der Waals surface area (Å²) in [4.78, 5) is 26.2. The van der Waals surface area contributed by atoms with Crippen LogP contribution >= 0.6 is 0 Å². The van der Waals surface area contributed by atoms with Crippen molar-refractivity contribution in [3.05, 3.63) is 22.6 Å². The molecule has 2 heterocycles. The third-order valence-corrected chi connectivity index (χ3v) is 3.17. The van der Waals surface area contributed by atoms with Crippen molar-refractivity contribution in [2.45, 2.75) is 31.5 Å². The van der Waals surface area contributed by atoms with Gasteiger partial charge in [-0.3, -0.25) is 19.5 Å². The number of methoxy groups -OCH3 is 1. The first kappa shape index (κ1) is 15.6. The molecule has 4 atom stereocenters. The van der Waals surface area contributed by atoms with Gasteiger partial charge in [-0.2, -0.15) is 4.98 Å². The average molecular weight is 299 g/mol. The third-order valence-electron chi connectivity index (χ3n) is 3.17. The number of aromatic nitrogens is 2. The molecule has 21 heavy (non-hydrogen) atoms. The standard InChI is InChI=1S/C12H17N3O6/c1-6(17)13-12-14-8(18)3-4-15(12)11-10(20-2)9(19)7(5-16)21-11/h3-4,7,9-11,16,19H,5H2,1-2H3,(H,13,14,17,18)/t7-,9-,10-,11-/m1/s1. The summed E-state index contributed by atoms with van der Waals surface area (Å²) < 4.78 is 12.1. The number of carbonyl (C=O) groups is 1. The zero-order valence-corrected chi connectivity index (χ0v) is 11.6. The fraction of sp³-hybridized carbons (Fsp3) is 0.583. The van der Waals surface area contributed by atoms with Crippen LogP contribution < -0.4 is 10.9 Å². The summed E-state index contributed by atoms with van der Waals surface area (Å²) in [6.07, 6.45) is -2.11. The number of aliphatic hydroxyl groups excluding tert-OH is 2. The predicted molar refractivity (Wildman–Crippen MR) is 70.6 cm³/mol. The van der Waals surface area contributed by atoms with Crippen LogP contribution in [0.3, 0.4) is 0 Å². The van der Waals surface area contributed by atoms with Crippen molar-refractivity contribution in [3.8, 4) is 0 Å². The molecule has 9 nitrogen and oxygen atoms in total. The Bertz CT molecular complexity index is 574. The lowest BCUT2D eigenvalue weighted by Gasteiger charge is -2.23. The number of hydrogen-bond donors (Lipinski definition) is 3. The quantitative estimate of drug-likeness (QED) is 0.616. The Morgan fingerprint density at radius 3 is 2.90 bits per heavy atom. The first-order valence-corrected chi connectivity index (χ1v) is 6.32. The van der Waals surface area contributed by atoms with Crippen molar-refractivity contribution >= 4 is 11.9 Å². The Labute approximate surface area is 120 Å². The first-order chi connectivity index (χ1) is 9.97. The van der Waals surface area contributed by atoms with Gasteiger partial charge in [-0.15, -0.1) is 0 Å². The molecule has 1 saturated heterocycles. The number of rotatable bonds is 4. The third kappa shape index (κ3) is 3.10. The van der Waals surface area contributed by atoms with Gasteiger partial charge in [0.1, 0.15) is 18.3 Å². The van der Waals surface area contributed by atoms with Crippen LogP contribution in [0.4, 0.5) is 5.95 Å². The molecule has 1 amide bonds. The predicted octanol–water partition coefficient (Wildman–Crippen LogP) is -1.53. The highest BCUT2D eigenvalue weighted by Gasteiger charge is 2.45. The summed E-state index contributed by atoms with van der Waals surface area (Å²) in [7, 11) is 1.39. The van der Waals surface area contributed by atoms with Crippen LogP contribution in [0, 0.1) is 0 Å². The van der Waals surface area contributed by atoms with E-state index in [1.807, 2.05) is 0 Å². The van der Waals surface area contributed by atoms with Crippen LogP contribution in [-0.2, 0) is 14.3 Å². The molecule has 1 aromatic heterocycles. The summed E-state index contributed by atoms with van der Waals surface area (Å²) in [6.45, 7) is 0.888. The second kappa shape index (κ2) is 6.31. The summed E-state index contributed by atoms with van der Waals surface area (Å²) >= 11 is 0. The molecule has 0 aliphatic carbocycles. The van der Waals surface area contributed by atoms with Gasteiger partial charge in [0.25, 0.3) is 5.56 Å². The van der Waals surface area contributed by atoms with Crippen LogP contribution in [0.5, 0.6) is 0 Å². The van der Waals surface area contributed by atoms with E-state index in [4.69, 9.17) is 9.47 Å². The van der Waals surface area contributed by atoms with Crippen molar-refractivity contribution in [1.82, 2.24) is 9.55 Å². The monoisotopic (exact) mass is 299 g/mol. The topological polar surface area (TPSA) is 123 Å². The molecular weight excluding hydrogens is 282 g/mol. The van der Waals surface area contributed by atoms with E-state index in [-0.39, 0.29) is 12.6 Å². The molecule has 1 fully saturated rings. The van der Waals surface area contributed by atoms with Crippen molar-refractivity contribution in [2.75, 3.05) is 19.0 Å². The van der Waals surface area contributed by atoms with Gasteiger partial charge >= 0.3 is 0 Å². The zero-order valence-electron chi connectivity index (χ0n) is 11.6. The molecule has 1 aromatic rings. The number of aliphatic hydroxyl groups is 2. The fourth-order valence-corrected chi connectivity index (χ4v) is 2.22. The van der Waals surface area contributed by atoms with Gasteiger partial charge in [-0.25, -0.2) is 0 Å². The number of ether oxygens (including phenoxy) is 2. The molecule has 116 valence electrons. The van der Waals surface area contributed by atoms with E-state index in [9.17, 15) is 19.8 Å². The fourth-order valence-electron chi connectivity index (χ4n) is 2.22. The van der Waals surface area contributed by atoms with Crippen molar-refractivity contribution in [2.24, 2.45) is 0 Å². The van der Waals surface area contributed by atoms with Crippen LogP contribution in [0.25, 0.3) is 0 Å². The van der Waals surface area contributed by atoms with Gasteiger partial charge in [-0.05, 0) is 0 Å². The molecule has 0 radical (unpaired) electrons. The largest absolute Gasteiger partial charge is 0.394 e. The van der Waals surface area contributed by atoms with Crippen molar-refractivity contribution in [3.63, 3.8) is 0 Å². The summed E-state index contributed by atoms with van der Waals surface area (Å²) in [5.41, 5.74) is -0.527. The van der Waals surface area contributed by atoms with Gasteiger partial charge in [0.15, 0.2) is 6.23 Å². The van der Waals surface area contributed by atoms with Gasteiger partial charge in [-0.1, -0.05) is 0 Å². The van der Waals surface area contributed by atoms with E-state index < -0.39 is 36.0 Å². The Kier molecular flexibility index (Phi) is 4.68. The lowest BCUT2D eigenvalue weighted by molar-refractivity contribution is -0.114. The van der Waals surface area contributed by atoms with E-state index in [1.54, 1.807) is 0 Å². The van der Waals surface area contributed by atoms with Gasteiger partial charge < -0.3 is 19.7 Å². The van der Waals surface area contributed by atoms with Crippen LogP contribution in [0.15, 0.2) is 17.1 Å². The van der Waals surface area contributed by atoms with Crippen LogP contribution in [0.2, 0.25) is 0 Å². The molecule has 0 unspecified atom stereocenters. The molecule has 2 rings (SSSR count). The van der Waals surface area contributed by atoms with Gasteiger partial charge in [0, 0.05) is 26.3 Å². The Morgan fingerprint density at radius 2 is 2.33 bits per heavy atom. The number of hydrogen-bond acceptors (Lipinski definition) is 7. The normalized spacial score (nSPS) is 28.6. The van der Waals surface area contributed by atoms with E-state index in [0.29, 0.717) is 0 Å². The minimum atomic E-state index is -1.05. The summed E-state index contributed by atoms with van der Waals surface area (Å²) in [6, 6.07) is 1.19. The Hall–Kier alpha value is -1.81. The number of nitrogens with zero attached hydrogens (tertiary/aromatic N) is 2. The van der Waals surface area contributed by atoms with Crippen molar-refractivity contribution in [1.29, 1.82) is 0 Å². The smallest absolute Gasteiger partial charge is 0.274 e. The molecular formula is C12H17N3O6. The SMILES string of the molecule is CO[C@@H]1[C@H](O)[C@@H](CO)O[C@H]1n1ccc(=O)nc1NC(C)=O. The molecule has 0 spiro atoms. The minimum Gasteiger partial charge on any atom is -0.394 e. The second-order valence-electron chi connectivity index (χ2n) is 4.62. The molecule has 0 aromatic carbocycles. The molecule has 9 heteroatoms. The molecule has 0 bridgehead atoms. The highest BCUT2D eigenvalue weighted by molar-refractivity contribution is 5.86. The van der Waals surface area contributed by atoms with Crippen LogP contribution in [0.1, 0.15) is 13.2 Å². The van der Waals surface area contributed by atoms with E-state index in [0.717, 1.165) is 0 Å². The Balaban J connectivity index is 2.40. The van der Waals surface area contributed by atoms with Gasteiger partial charge in [0.05, 0.1) is 6.61 Å². The maximum absolute atomic E-state index is 11.3. The van der Waals surface area contributed by atoms with Crippen LogP contribution in [-0.4, -0.2) is 57.7 Å². The van der Waals surface area contributed by atoms with Gasteiger partial charge in [0.2, 0.25) is 11.9 Å². The number of carbonyl (C=O) groups excluding carboxylic acids is 1. The summed E-state index contributed by atoms with van der Waals surface area (Å²) in [5.74, 6) is -0.430. The molecule has 3 N–H and O–H groups in total. The summed E-state index contributed by atoms with van der Waals surface area (Å²) in [5, 5.41) is 21.6. The minimum absolute atomic E-state index is 0.0205. The number of anilines is 1. The van der Waals surface area contributed by atoms with E-state index >= 15 is 0 Å². The maximum Gasteiger partial charge on any atom is 0.274 e. The van der Waals surface area contributed by atoms with E-state index in [2.05, 4.69) is 10.3 Å². The maximum atomic E-state index is 11.3. The van der Waals surface area contributed by atoms with E-state index in [1.165, 1.54) is 30.9 Å². The Morgan fingerprint density at radius 1 is 1.62 bits per heavy atom. The second-order valence-corrected chi connectivity index (χ2v) is 4.62. The lowest BCUT2D eigenvalue weighted by Crippen LogP contribution is -2.35. The first-order valence-electron chi connectivity index (χ1n) is 6.32. The zero-order chi connectivity index (χ0) is 15.6. The lowest BCUT2D eigenvalue weighted by atomic mass is 10.1. The molecule has 1 aliphatic heterocycles. The molecule has 1 aliphatic rings. The van der Waals surface area contributed by atoms with Crippen molar-refractivity contribution < 1.29 is 24.5 Å². The highest BCUT2D eigenvalue weighted by atomic mass is 16.6. The highest BCUT2D eigenvalue weighted by Crippen LogP contribution is 2.32. The number of nitrogens with one attached hydrogen (secondary N) is 1. The molecule has 0 saturated carbocycles. The number of amides is 1. The average Bonchev–Trinajstić information content (AvgIpc) is 2.74.